The Bertz CT molecular complexity index is 978. The molecule has 10 heteroatoms. The zero-order valence-electron chi connectivity index (χ0n) is 18.1. The lowest BCUT2D eigenvalue weighted by molar-refractivity contribution is -0.137. The van der Waals surface area contributed by atoms with E-state index < -0.39 is 17.3 Å². The Hall–Kier alpha value is -1.82. The summed E-state index contributed by atoms with van der Waals surface area (Å²) in [7, 11) is 0. The van der Waals surface area contributed by atoms with Crippen LogP contribution in [0.4, 0.5) is 24.5 Å². The van der Waals surface area contributed by atoms with E-state index in [4.69, 9.17) is 0 Å². The first-order valence-electron chi connectivity index (χ1n) is 10.8. The van der Waals surface area contributed by atoms with E-state index in [1.54, 1.807) is 30.9 Å². The van der Waals surface area contributed by atoms with Crippen LogP contribution in [0.3, 0.4) is 0 Å². The number of aromatic nitrogens is 2. The third-order valence-corrected chi connectivity index (χ3v) is 7.02. The molecule has 0 radical (unpaired) electrons. The molecule has 1 aromatic heterocycles. The largest absolute Gasteiger partial charge is 0.416 e. The van der Waals surface area contributed by atoms with Crippen molar-refractivity contribution in [3.05, 3.63) is 39.7 Å². The molecule has 0 atom stereocenters. The van der Waals surface area contributed by atoms with Crippen LogP contribution in [0, 0.1) is 3.57 Å². The third kappa shape index (κ3) is 4.75. The van der Waals surface area contributed by atoms with E-state index >= 15 is 0 Å². The minimum Gasteiger partial charge on any atom is -0.370 e. The number of amides is 1. The maximum absolute atomic E-state index is 13.4. The van der Waals surface area contributed by atoms with E-state index in [0.29, 0.717) is 30.5 Å². The number of rotatable bonds is 5. The molecule has 32 heavy (non-hydrogen) atoms. The number of halogens is 4. The lowest BCUT2D eigenvalue weighted by Gasteiger charge is -2.44. The molecule has 1 amide bonds. The Labute approximate surface area is 199 Å². The highest BCUT2D eigenvalue weighted by atomic mass is 127. The molecular formula is C22H27F3IN5O. The molecule has 2 aliphatic heterocycles. The number of alkyl halides is 3. The van der Waals surface area contributed by atoms with Gasteiger partial charge < -0.3 is 15.1 Å². The van der Waals surface area contributed by atoms with Gasteiger partial charge in [0.25, 0.3) is 5.91 Å². The van der Waals surface area contributed by atoms with Crippen molar-refractivity contribution in [3.8, 4) is 0 Å². The summed E-state index contributed by atoms with van der Waals surface area (Å²) >= 11 is 2.11. The van der Waals surface area contributed by atoms with Crippen LogP contribution in [0.15, 0.2) is 30.6 Å². The summed E-state index contributed by atoms with van der Waals surface area (Å²) in [5.41, 5.74) is -0.911. The molecule has 0 bridgehead atoms. The SMILES string of the molecule is CC(C)(C(=O)Nc1ccc(C(F)(F)F)cc1N1CCC(N2CCC2)CC1)n1cc(I)cn1. The summed E-state index contributed by atoms with van der Waals surface area (Å²) in [6, 6.07) is 4.03. The van der Waals surface area contributed by atoms with Gasteiger partial charge in [-0.05, 0) is 87.0 Å². The number of hydrogen-bond donors (Lipinski definition) is 1. The molecule has 174 valence electrons. The number of likely N-dealkylation sites (tertiary alicyclic amines) is 1. The first kappa shape index (κ1) is 23.3. The lowest BCUT2D eigenvalue weighted by atomic mass is 9.98. The maximum Gasteiger partial charge on any atom is 0.416 e. The molecule has 1 N–H and O–H groups in total. The van der Waals surface area contributed by atoms with Crippen molar-refractivity contribution in [3.63, 3.8) is 0 Å². The van der Waals surface area contributed by atoms with Crippen molar-refractivity contribution in [2.45, 2.75) is 50.9 Å². The average molecular weight is 561 g/mol. The molecular weight excluding hydrogens is 534 g/mol. The summed E-state index contributed by atoms with van der Waals surface area (Å²) in [6.07, 6.45) is 1.99. The van der Waals surface area contributed by atoms with E-state index in [1.165, 1.54) is 12.5 Å². The van der Waals surface area contributed by atoms with Gasteiger partial charge in [-0.3, -0.25) is 9.48 Å². The molecule has 6 nitrogen and oxygen atoms in total. The van der Waals surface area contributed by atoms with Crippen LogP contribution in [0.5, 0.6) is 0 Å². The van der Waals surface area contributed by atoms with Gasteiger partial charge >= 0.3 is 6.18 Å². The van der Waals surface area contributed by atoms with Crippen molar-refractivity contribution < 1.29 is 18.0 Å². The maximum atomic E-state index is 13.4. The number of carbonyl (C=O) groups is 1. The predicted octanol–water partition coefficient (Wildman–Crippen LogP) is 4.55. The normalized spacial score (nSPS) is 18.5. The zero-order valence-corrected chi connectivity index (χ0v) is 20.3. The second-order valence-corrected chi connectivity index (χ2v) is 10.2. The minimum atomic E-state index is -4.45. The fourth-order valence-corrected chi connectivity index (χ4v) is 4.63. The number of carbonyl (C=O) groups excluding carboxylic acids is 1. The average Bonchev–Trinajstić information content (AvgIpc) is 3.14. The summed E-state index contributed by atoms with van der Waals surface area (Å²) < 4.78 is 42.8. The Balaban J connectivity index is 1.58. The summed E-state index contributed by atoms with van der Waals surface area (Å²) in [5, 5.41) is 7.10. The molecule has 0 unspecified atom stereocenters. The van der Waals surface area contributed by atoms with E-state index in [1.807, 2.05) is 4.90 Å². The number of hydrogen-bond acceptors (Lipinski definition) is 4. The van der Waals surface area contributed by atoms with Gasteiger partial charge in [0.05, 0.1) is 26.7 Å². The Morgan fingerprint density at radius 2 is 1.84 bits per heavy atom. The molecule has 2 fully saturated rings. The molecule has 4 rings (SSSR count). The molecule has 0 saturated carbocycles. The summed E-state index contributed by atoms with van der Waals surface area (Å²) in [4.78, 5) is 17.5. The number of nitrogens with one attached hydrogen (secondary N) is 1. The first-order chi connectivity index (χ1) is 15.1. The van der Waals surface area contributed by atoms with Gasteiger partial charge in [0.1, 0.15) is 5.54 Å². The van der Waals surface area contributed by atoms with Crippen LogP contribution < -0.4 is 10.2 Å². The molecule has 2 saturated heterocycles. The molecule has 1 aromatic carbocycles. The van der Waals surface area contributed by atoms with Crippen molar-refractivity contribution >= 4 is 39.9 Å². The van der Waals surface area contributed by atoms with Gasteiger partial charge in [-0.25, -0.2) is 0 Å². The number of benzene rings is 1. The van der Waals surface area contributed by atoms with E-state index in [2.05, 4.69) is 37.9 Å². The Morgan fingerprint density at radius 1 is 1.16 bits per heavy atom. The van der Waals surface area contributed by atoms with Crippen molar-refractivity contribution in [1.29, 1.82) is 0 Å². The lowest BCUT2D eigenvalue weighted by Crippen LogP contribution is -2.50. The zero-order chi connectivity index (χ0) is 23.1. The van der Waals surface area contributed by atoms with Crippen molar-refractivity contribution in [2.24, 2.45) is 0 Å². The van der Waals surface area contributed by atoms with Crippen molar-refractivity contribution in [2.75, 3.05) is 36.4 Å². The molecule has 0 spiro atoms. The van der Waals surface area contributed by atoms with Gasteiger partial charge in [-0.15, -0.1) is 0 Å². The Morgan fingerprint density at radius 3 is 2.38 bits per heavy atom. The monoisotopic (exact) mass is 561 g/mol. The number of anilines is 2. The Kier molecular flexibility index (Phi) is 6.45. The summed E-state index contributed by atoms with van der Waals surface area (Å²) in [5.74, 6) is -0.339. The highest BCUT2D eigenvalue weighted by Gasteiger charge is 2.35. The van der Waals surface area contributed by atoms with E-state index in [-0.39, 0.29) is 5.91 Å². The smallest absolute Gasteiger partial charge is 0.370 e. The van der Waals surface area contributed by atoms with Crippen LogP contribution >= 0.6 is 22.6 Å². The second kappa shape index (κ2) is 8.85. The van der Waals surface area contributed by atoms with Crippen LogP contribution in [0.1, 0.15) is 38.7 Å². The second-order valence-electron chi connectivity index (χ2n) is 8.95. The van der Waals surface area contributed by atoms with Gasteiger partial charge in [0.2, 0.25) is 0 Å². The molecule has 2 aliphatic rings. The summed E-state index contributed by atoms with van der Waals surface area (Å²) in [6.45, 7) is 6.99. The van der Waals surface area contributed by atoms with Crippen molar-refractivity contribution in [1.82, 2.24) is 14.7 Å². The van der Waals surface area contributed by atoms with Gasteiger partial charge in [-0.1, -0.05) is 0 Å². The fraction of sp³-hybridized carbons (Fsp3) is 0.545. The highest BCUT2D eigenvalue weighted by Crippen LogP contribution is 2.37. The van der Waals surface area contributed by atoms with Gasteiger partial charge in [-0.2, -0.15) is 18.3 Å². The minimum absolute atomic E-state index is 0.339. The van der Waals surface area contributed by atoms with Crippen LogP contribution in [-0.4, -0.2) is 52.8 Å². The quantitative estimate of drug-likeness (QED) is 0.545. The molecule has 2 aromatic rings. The van der Waals surface area contributed by atoms with Gasteiger partial charge in [0, 0.05) is 25.3 Å². The molecule has 0 aliphatic carbocycles. The van der Waals surface area contributed by atoms with E-state index in [9.17, 15) is 18.0 Å². The third-order valence-electron chi connectivity index (χ3n) is 6.46. The van der Waals surface area contributed by atoms with Gasteiger partial charge in [0.15, 0.2) is 0 Å². The predicted molar refractivity (Wildman–Crippen MR) is 126 cm³/mol. The van der Waals surface area contributed by atoms with Crippen LogP contribution in [0.2, 0.25) is 0 Å². The molecule has 3 heterocycles. The van der Waals surface area contributed by atoms with Crippen LogP contribution in [-0.2, 0) is 16.5 Å². The highest BCUT2D eigenvalue weighted by molar-refractivity contribution is 14.1. The van der Waals surface area contributed by atoms with E-state index in [0.717, 1.165) is 41.6 Å². The first-order valence-corrected chi connectivity index (χ1v) is 11.9. The topological polar surface area (TPSA) is 53.4 Å². The standard InChI is InChI=1S/C22H27F3IN5O/c1-21(2,31-14-16(26)13-27-31)20(32)28-18-5-4-15(22(23,24)25)12-19(18)30-10-6-17(7-11-30)29-8-3-9-29/h4-5,12-14,17H,3,6-11H2,1-2H3,(H,28,32). The number of piperidine rings is 1. The fourth-order valence-electron chi connectivity index (χ4n) is 4.24. The van der Waals surface area contributed by atoms with Crippen LogP contribution in [0.25, 0.3) is 0 Å². The number of nitrogens with zero attached hydrogens (tertiary/aromatic N) is 4.